The number of aryl methyl sites for hydroxylation is 1. The van der Waals surface area contributed by atoms with Gasteiger partial charge in [0.1, 0.15) is 0 Å². The second kappa shape index (κ2) is 4.96. The Morgan fingerprint density at radius 2 is 2.06 bits per heavy atom. The van der Waals surface area contributed by atoms with Crippen molar-refractivity contribution in [3.05, 3.63) is 59.8 Å². The van der Waals surface area contributed by atoms with Gasteiger partial charge in [-0.3, -0.25) is 9.78 Å². The van der Waals surface area contributed by atoms with Gasteiger partial charge in [0.15, 0.2) is 5.78 Å². The monoisotopic (exact) mass is 237 g/mol. The van der Waals surface area contributed by atoms with Crippen molar-refractivity contribution in [3.8, 4) is 11.3 Å². The third-order valence-corrected chi connectivity index (χ3v) is 2.83. The Balaban J connectivity index is 2.54. The van der Waals surface area contributed by atoms with Crippen LogP contribution in [0.5, 0.6) is 0 Å². The highest BCUT2D eigenvalue weighted by Crippen LogP contribution is 2.22. The lowest BCUT2D eigenvalue weighted by molar-refractivity contribution is 0.101. The van der Waals surface area contributed by atoms with E-state index in [4.69, 9.17) is 0 Å². The van der Waals surface area contributed by atoms with Crippen molar-refractivity contribution in [3.63, 3.8) is 0 Å². The smallest absolute Gasteiger partial charge is 0.160 e. The first kappa shape index (κ1) is 12.2. The van der Waals surface area contributed by atoms with Crippen LogP contribution < -0.4 is 0 Å². The van der Waals surface area contributed by atoms with E-state index in [9.17, 15) is 4.79 Å². The molecule has 18 heavy (non-hydrogen) atoms. The minimum Gasteiger partial charge on any atom is -0.294 e. The number of nitrogens with zero attached hydrogens (tertiary/aromatic N) is 1. The summed E-state index contributed by atoms with van der Waals surface area (Å²) >= 11 is 0. The minimum absolute atomic E-state index is 0.0497. The maximum absolute atomic E-state index is 11.5. The number of carbonyl (C=O) groups excluding carboxylic acids is 1. The maximum Gasteiger partial charge on any atom is 0.160 e. The molecule has 0 aliphatic carbocycles. The van der Waals surface area contributed by atoms with Crippen LogP contribution in [-0.2, 0) is 0 Å². The first-order valence-electron chi connectivity index (χ1n) is 5.83. The van der Waals surface area contributed by atoms with Crippen LogP contribution in [-0.4, -0.2) is 10.8 Å². The van der Waals surface area contributed by atoms with Gasteiger partial charge in [0.25, 0.3) is 0 Å². The normalized spacial score (nSPS) is 10.1. The Hall–Kier alpha value is -2.22. The number of pyridine rings is 1. The molecule has 0 fully saturated rings. The van der Waals surface area contributed by atoms with Gasteiger partial charge in [-0.2, -0.15) is 0 Å². The van der Waals surface area contributed by atoms with Crippen molar-refractivity contribution < 1.29 is 4.79 Å². The van der Waals surface area contributed by atoms with E-state index >= 15 is 0 Å². The maximum atomic E-state index is 11.5. The fraction of sp³-hybridized carbons (Fsp3) is 0.125. The van der Waals surface area contributed by atoms with Crippen LogP contribution in [0.25, 0.3) is 17.3 Å². The fourth-order valence-electron chi connectivity index (χ4n) is 1.92. The predicted octanol–water partition coefficient (Wildman–Crippen LogP) is 3.90. The van der Waals surface area contributed by atoms with Crippen LogP contribution in [0.3, 0.4) is 0 Å². The van der Waals surface area contributed by atoms with Crippen molar-refractivity contribution in [2.45, 2.75) is 13.8 Å². The van der Waals surface area contributed by atoms with E-state index in [2.05, 4.69) is 11.6 Å². The van der Waals surface area contributed by atoms with Crippen molar-refractivity contribution in [1.29, 1.82) is 0 Å². The van der Waals surface area contributed by atoms with Crippen molar-refractivity contribution in [2.75, 3.05) is 0 Å². The molecule has 0 aliphatic rings. The molecule has 0 unspecified atom stereocenters. The number of aromatic nitrogens is 1. The number of rotatable bonds is 3. The summed E-state index contributed by atoms with van der Waals surface area (Å²) in [6.07, 6.45) is 1.70. The lowest BCUT2D eigenvalue weighted by Gasteiger charge is -2.07. The van der Waals surface area contributed by atoms with Gasteiger partial charge in [-0.05, 0) is 37.6 Å². The summed E-state index contributed by atoms with van der Waals surface area (Å²) in [5.74, 6) is 0.0497. The average molecular weight is 237 g/mol. The summed E-state index contributed by atoms with van der Waals surface area (Å²) in [5.41, 5.74) is 4.43. The molecule has 0 saturated heterocycles. The summed E-state index contributed by atoms with van der Waals surface area (Å²) in [6, 6.07) is 11.6. The molecule has 1 heterocycles. The Kier molecular flexibility index (Phi) is 3.38. The van der Waals surface area contributed by atoms with E-state index in [1.807, 2.05) is 43.3 Å². The third-order valence-electron chi connectivity index (χ3n) is 2.83. The number of carbonyl (C=O) groups is 1. The van der Waals surface area contributed by atoms with Gasteiger partial charge in [0.05, 0.1) is 5.69 Å². The number of benzene rings is 1. The zero-order valence-corrected chi connectivity index (χ0v) is 10.6. The summed E-state index contributed by atoms with van der Waals surface area (Å²) in [7, 11) is 0. The lowest BCUT2D eigenvalue weighted by atomic mass is 9.99. The van der Waals surface area contributed by atoms with Gasteiger partial charge in [-0.15, -0.1) is 0 Å². The third kappa shape index (κ3) is 2.38. The van der Waals surface area contributed by atoms with E-state index in [1.54, 1.807) is 13.0 Å². The summed E-state index contributed by atoms with van der Waals surface area (Å²) < 4.78 is 0. The molecule has 2 nitrogen and oxygen atoms in total. The fourth-order valence-corrected chi connectivity index (χ4v) is 1.92. The Morgan fingerprint density at radius 3 is 2.67 bits per heavy atom. The molecule has 0 radical (unpaired) electrons. The van der Waals surface area contributed by atoms with Crippen molar-refractivity contribution in [2.24, 2.45) is 0 Å². The van der Waals surface area contributed by atoms with Crippen LogP contribution in [0, 0.1) is 6.92 Å². The average Bonchev–Trinajstić information content (AvgIpc) is 2.37. The summed E-state index contributed by atoms with van der Waals surface area (Å²) in [4.78, 5) is 15.9. The van der Waals surface area contributed by atoms with Crippen LogP contribution in [0.2, 0.25) is 0 Å². The van der Waals surface area contributed by atoms with Gasteiger partial charge in [0, 0.05) is 16.8 Å². The van der Waals surface area contributed by atoms with Crippen LogP contribution in [0.1, 0.15) is 28.5 Å². The van der Waals surface area contributed by atoms with Crippen LogP contribution >= 0.6 is 0 Å². The lowest BCUT2D eigenvalue weighted by Crippen LogP contribution is -1.96. The summed E-state index contributed by atoms with van der Waals surface area (Å²) in [6.45, 7) is 7.28. The molecule has 2 heteroatoms. The highest BCUT2D eigenvalue weighted by atomic mass is 16.1. The van der Waals surface area contributed by atoms with E-state index < -0.39 is 0 Å². The highest BCUT2D eigenvalue weighted by Gasteiger charge is 2.07. The molecule has 2 rings (SSSR count). The van der Waals surface area contributed by atoms with Gasteiger partial charge < -0.3 is 0 Å². The minimum atomic E-state index is 0.0497. The summed E-state index contributed by atoms with van der Waals surface area (Å²) in [5, 5.41) is 0. The number of hydrogen-bond acceptors (Lipinski definition) is 2. The Bertz CT molecular complexity index is 614. The number of hydrogen-bond donors (Lipinski definition) is 0. The molecular formula is C16H15NO. The molecule has 90 valence electrons. The van der Waals surface area contributed by atoms with Crippen molar-refractivity contribution in [1.82, 2.24) is 4.98 Å². The standard InChI is InChI=1S/C16H15NO/c1-4-13-10-14(8-9-15(13)12(3)18)16-7-5-6-11(2)17-16/h4-10H,1H2,2-3H3. The van der Waals surface area contributed by atoms with Gasteiger partial charge in [-0.1, -0.05) is 30.9 Å². The van der Waals surface area contributed by atoms with Crippen LogP contribution in [0.4, 0.5) is 0 Å². The molecule has 0 amide bonds. The second-order valence-corrected chi connectivity index (χ2v) is 4.23. The number of Topliss-reactive ketones (excluding diaryl/α,β-unsaturated/α-hetero) is 1. The number of ketones is 1. The van der Waals surface area contributed by atoms with Gasteiger partial charge >= 0.3 is 0 Å². The molecule has 0 atom stereocenters. The topological polar surface area (TPSA) is 30.0 Å². The molecule has 0 saturated carbocycles. The van der Waals surface area contributed by atoms with Gasteiger partial charge in [0.2, 0.25) is 0 Å². The van der Waals surface area contributed by atoms with Gasteiger partial charge in [-0.25, -0.2) is 0 Å². The molecule has 0 spiro atoms. The molecular weight excluding hydrogens is 222 g/mol. The highest BCUT2D eigenvalue weighted by molar-refractivity contribution is 5.98. The zero-order valence-electron chi connectivity index (χ0n) is 10.6. The van der Waals surface area contributed by atoms with E-state index in [0.29, 0.717) is 5.56 Å². The quantitative estimate of drug-likeness (QED) is 0.758. The van der Waals surface area contributed by atoms with E-state index in [-0.39, 0.29) is 5.78 Å². The second-order valence-electron chi connectivity index (χ2n) is 4.23. The SMILES string of the molecule is C=Cc1cc(-c2cccc(C)n2)ccc1C(C)=O. The van der Waals surface area contributed by atoms with Crippen LogP contribution in [0.15, 0.2) is 43.0 Å². The molecule has 0 bridgehead atoms. The first-order chi connectivity index (χ1) is 8.61. The largest absolute Gasteiger partial charge is 0.294 e. The predicted molar refractivity (Wildman–Crippen MR) is 74.5 cm³/mol. The van der Waals surface area contributed by atoms with Crippen molar-refractivity contribution >= 4 is 11.9 Å². The molecule has 0 N–H and O–H groups in total. The molecule has 0 aliphatic heterocycles. The Morgan fingerprint density at radius 1 is 1.28 bits per heavy atom. The first-order valence-corrected chi connectivity index (χ1v) is 5.83. The zero-order chi connectivity index (χ0) is 13.1. The van der Waals surface area contributed by atoms with E-state index in [1.165, 1.54) is 0 Å². The van der Waals surface area contributed by atoms with E-state index in [0.717, 1.165) is 22.5 Å². The molecule has 1 aromatic carbocycles. The Labute approximate surface area is 107 Å². The molecule has 2 aromatic rings. The molecule has 1 aromatic heterocycles.